The summed E-state index contributed by atoms with van der Waals surface area (Å²) in [5.74, 6) is -0.354. The molecule has 1 aromatic heterocycles. The highest BCUT2D eigenvalue weighted by atomic mass is 32.2. The number of carbonyl (C=O) groups excluding carboxylic acids is 1. The fraction of sp³-hybridized carbons (Fsp3) is 0.375. The van der Waals surface area contributed by atoms with Crippen molar-refractivity contribution in [3.8, 4) is 22.9 Å². The fourth-order valence-electron chi connectivity index (χ4n) is 4.10. The molecule has 4 rings (SSSR count). The van der Waals surface area contributed by atoms with Crippen molar-refractivity contribution in [2.45, 2.75) is 43.3 Å². The highest BCUT2D eigenvalue weighted by Crippen LogP contribution is 2.38. The van der Waals surface area contributed by atoms with E-state index in [-0.39, 0.29) is 23.1 Å². The van der Waals surface area contributed by atoms with Gasteiger partial charge < -0.3 is 9.47 Å². The predicted molar refractivity (Wildman–Crippen MR) is 122 cm³/mol. The maximum Gasteiger partial charge on any atom is 0.192 e. The van der Waals surface area contributed by atoms with Gasteiger partial charge in [0, 0.05) is 17.2 Å². The number of nitrogens with zero attached hydrogens (tertiary/aromatic N) is 3. The zero-order valence-electron chi connectivity index (χ0n) is 18.5. The molecule has 0 saturated heterocycles. The molecule has 33 heavy (non-hydrogen) atoms. The van der Waals surface area contributed by atoms with Gasteiger partial charge in [-0.3, -0.25) is 9.36 Å². The summed E-state index contributed by atoms with van der Waals surface area (Å²) in [6, 6.07) is 9.01. The Morgan fingerprint density at radius 1 is 1.00 bits per heavy atom. The largest absolute Gasteiger partial charge is 0.493 e. The Morgan fingerprint density at radius 2 is 1.76 bits per heavy atom. The van der Waals surface area contributed by atoms with E-state index in [4.69, 9.17) is 9.47 Å². The molecular weight excluding hydrogens is 448 g/mol. The van der Waals surface area contributed by atoms with E-state index in [1.807, 2.05) is 18.2 Å². The zero-order chi connectivity index (χ0) is 23.4. The number of carbonyl (C=O) groups is 1. The van der Waals surface area contributed by atoms with E-state index in [1.54, 1.807) is 14.2 Å². The third-order valence-corrected chi connectivity index (χ3v) is 6.76. The summed E-state index contributed by atoms with van der Waals surface area (Å²) in [6.07, 6.45) is 5.44. The molecule has 0 N–H and O–H groups in total. The van der Waals surface area contributed by atoms with E-state index in [0.717, 1.165) is 43.4 Å². The van der Waals surface area contributed by atoms with Crippen molar-refractivity contribution in [1.82, 2.24) is 14.8 Å². The lowest BCUT2D eigenvalue weighted by Crippen LogP contribution is -2.15. The van der Waals surface area contributed by atoms with Gasteiger partial charge in [0.15, 0.2) is 39.9 Å². The monoisotopic (exact) mass is 473 g/mol. The van der Waals surface area contributed by atoms with Gasteiger partial charge in [-0.2, -0.15) is 0 Å². The van der Waals surface area contributed by atoms with Crippen LogP contribution in [0.25, 0.3) is 11.4 Å². The fourth-order valence-corrected chi connectivity index (χ4v) is 5.00. The molecular formula is C24H25F2N3O3S. The van der Waals surface area contributed by atoms with Gasteiger partial charge in [-0.05, 0) is 49.2 Å². The van der Waals surface area contributed by atoms with Gasteiger partial charge in [-0.15, -0.1) is 10.2 Å². The number of rotatable bonds is 8. The first-order valence-corrected chi connectivity index (χ1v) is 11.8. The van der Waals surface area contributed by atoms with Crippen molar-refractivity contribution in [2.24, 2.45) is 0 Å². The van der Waals surface area contributed by atoms with Gasteiger partial charge in [-0.25, -0.2) is 8.78 Å². The first kappa shape index (κ1) is 23.2. The molecule has 3 aromatic rings. The Kier molecular flexibility index (Phi) is 7.27. The van der Waals surface area contributed by atoms with Crippen LogP contribution in [0.15, 0.2) is 41.6 Å². The first-order valence-electron chi connectivity index (χ1n) is 10.8. The summed E-state index contributed by atoms with van der Waals surface area (Å²) in [5, 5.41) is 9.45. The predicted octanol–water partition coefficient (Wildman–Crippen LogP) is 5.72. The van der Waals surface area contributed by atoms with Crippen molar-refractivity contribution in [1.29, 1.82) is 0 Å². The molecule has 9 heteroatoms. The highest BCUT2D eigenvalue weighted by molar-refractivity contribution is 7.99. The summed E-state index contributed by atoms with van der Waals surface area (Å²) in [7, 11) is 3.17. The number of hydrogen-bond acceptors (Lipinski definition) is 6. The number of ether oxygens (including phenoxy) is 2. The first-order chi connectivity index (χ1) is 16.0. The number of aromatic nitrogens is 3. The molecule has 1 aliphatic carbocycles. The van der Waals surface area contributed by atoms with Crippen LogP contribution in [0.1, 0.15) is 48.5 Å². The Morgan fingerprint density at radius 3 is 2.45 bits per heavy atom. The van der Waals surface area contributed by atoms with Crippen LogP contribution in [0.4, 0.5) is 8.78 Å². The van der Waals surface area contributed by atoms with E-state index < -0.39 is 11.6 Å². The lowest BCUT2D eigenvalue weighted by Gasteiger charge is -2.25. The highest BCUT2D eigenvalue weighted by Gasteiger charge is 2.25. The summed E-state index contributed by atoms with van der Waals surface area (Å²) in [4.78, 5) is 12.6. The maximum atomic E-state index is 13.5. The van der Waals surface area contributed by atoms with Crippen molar-refractivity contribution in [2.75, 3.05) is 20.0 Å². The summed E-state index contributed by atoms with van der Waals surface area (Å²) < 4.78 is 39.6. The quantitative estimate of drug-likeness (QED) is 0.308. The minimum absolute atomic E-state index is 0.0435. The Bertz CT molecular complexity index is 1150. The molecule has 1 fully saturated rings. The van der Waals surface area contributed by atoms with Crippen LogP contribution >= 0.6 is 11.8 Å². The van der Waals surface area contributed by atoms with Crippen LogP contribution < -0.4 is 9.47 Å². The average molecular weight is 474 g/mol. The molecule has 0 aliphatic heterocycles. The van der Waals surface area contributed by atoms with Crippen LogP contribution in [0.5, 0.6) is 11.5 Å². The number of thioether (sulfide) groups is 1. The molecule has 0 radical (unpaired) electrons. The van der Waals surface area contributed by atoms with Crippen LogP contribution in [-0.4, -0.2) is 40.5 Å². The number of benzene rings is 2. The minimum Gasteiger partial charge on any atom is -0.493 e. The molecule has 0 amide bonds. The van der Waals surface area contributed by atoms with Crippen LogP contribution in [0.2, 0.25) is 0 Å². The van der Waals surface area contributed by atoms with Crippen molar-refractivity contribution in [3.05, 3.63) is 53.6 Å². The SMILES string of the molecule is COc1ccc(-c2nnc(SCC(=O)c3ccc(F)c(F)c3)n2C2CCCCC2)cc1OC. The molecule has 1 aliphatic rings. The van der Waals surface area contributed by atoms with Gasteiger partial charge in [0.2, 0.25) is 0 Å². The third-order valence-electron chi connectivity index (χ3n) is 5.82. The normalized spacial score (nSPS) is 14.3. The van der Waals surface area contributed by atoms with Gasteiger partial charge in [-0.1, -0.05) is 31.0 Å². The average Bonchev–Trinajstić information content (AvgIpc) is 3.28. The number of hydrogen-bond donors (Lipinski definition) is 0. The molecule has 1 saturated carbocycles. The molecule has 174 valence electrons. The number of halogens is 2. The smallest absolute Gasteiger partial charge is 0.192 e. The summed E-state index contributed by atoms with van der Waals surface area (Å²) in [5.41, 5.74) is 0.967. The zero-order valence-corrected chi connectivity index (χ0v) is 19.3. The van der Waals surface area contributed by atoms with E-state index >= 15 is 0 Å². The molecule has 0 bridgehead atoms. The maximum absolute atomic E-state index is 13.5. The molecule has 6 nitrogen and oxygen atoms in total. The topological polar surface area (TPSA) is 66.2 Å². The lowest BCUT2D eigenvalue weighted by molar-refractivity contribution is 0.102. The second-order valence-electron chi connectivity index (χ2n) is 7.88. The lowest BCUT2D eigenvalue weighted by atomic mass is 9.95. The summed E-state index contributed by atoms with van der Waals surface area (Å²) in [6.45, 7) is 0. The molecule has 1 heterocycles. The Balaban J connectivity index is 1.63. The van der Waals surface area contributed by atoms with E-state index in [9.17, 15) is 13.6 Å². The van der Waals surface area contributed by atoms with Crippen molar-refractivity contribution in [3.63, 3.8) is 0 Å². The van der Waals surface area contributed by atoms with Gasteiger partial charge in [0.1, 0.15) is 0 Å². The second kappa shape index (κ2) is 10.3. The van der Waals surface area contributed by atoms with E-state index in [0.29, 0.717) is 22.5 Å². The number of Topliss-reactive ketones (excluding diaryl/α,β-unsaturated/α-hetero) is 1. The second-order valence-corrected chi connectivity index (χ2v) is 8.82. The van der Waals surface area contributed by atoms with Crippen molar-refractivity contribution < 1.29 is 23.0 Å². The molecule has 2 aromatic carbocycles. The molecule has 0 atom stereocenters. The number of ketones is 1. The van der Waals surface area contributed by atoms with E-state index in [1.165, 1.54) is 24.2 Å². The number of methoxy groups -OCH3 is 2. The van der Waals surface area contributed by atoms with E-state index in [2.05, 4.69) is 14.8 Å². The van der Waals surface area contributed by atoms with Crippen LogP contribution in [0.3, 0.4) is 0 Å². The minimum atomic E-state index is -1.04. The summed E-state index contributed by atoms with van der Waals surface area (Å²) >= 11 is 1.25. The van der Waals surface area contributed by atoms with Gasteiger partial charge in [0.25, 0.3) is 0 Å². The van der Waals surface area contributed by atoms with Crippen LogP contribution in [0, 0.1) is 11.6 Å². The van der Waals surface area contributed by atoms with Gasteiger partial charge >= 0.3 is 0 Å². The Hall–Kier alpha value is -2.94. The third kappa shape index (κ3) is 5.03. The molecule has 0 unspecified atom stereocenters. The standard InChI is InChI=1S/C24H25F2N3O3S/c1-31-21-11-9-16(13-22(21)32-2)23-27-28-24(29(23)17-6-4-3-5-7-17)33-14-20(30)15-8-10-18(25)19(26)12-15/h8-13,17H,3-7,14H2,1-2H3. The Labute approximate surface area is 195 Å². The molecule has 0 spiro atoms. The van der Waals surface area contributed by atoms with Crippen LogP contribution in [-0.2, 0) is 0 Å². The van der Waals surface area contributed by atoms with Gasteiger partial charge in [0.05, 0.1) is 20.0 Å². The van der Waals surface area contributed by atoms with Crippen molar-refractivity contribution >= 4 is 17.5 Å².